The number of imidazole rings is 1. The number of rotatable bonds is 4. The molecule has 2 aromatic heterocycles. The Morgan fingerprint density at radius 2 is 2.19 bits per heavy atom. The van der Waals surface area contributed by atoms with Crippen molar-refractivity contribution < 1.29 is 14.3 Å². The van der Waals surface area contributed by atoms with E-state index in [-0.39, 0.29) is 17.6 Å². The molecule has 26 heavy (non-hydrogen) atoms. The number of benzene rings is 1. The van der Waals surface area contributed by atoms with Crippen LogP contribution in [0.1, 0.15) is 34.9 Å². The highest BCUT2D eigenvalue weighted by atomic mass is 32.2. The lowest BCUT2D eigenvalue weighted by Crippen LogP contribution is -2.24. The molecule has 1 aliphatic heterocycles. The average Bonchev–Trinajstić information content (AvgIpc) is 3.27. The van der Waals surface area contributed by atoms with Gasteiger partial charge in [-0.15, -0.1) is 16.9 Å². The molecule has 3 aromatic rings. The van der Waals surface area contributed by atoms with Crippen LogP contribution in [0.2, 0.25) is 0 Å². The number of hydrogen-bond acceptors (Lipinski definition) is 5. The second-order valence-electron chi connectivity index (χ2n) is 6.19. The van der Waals surface area contributed by atoms with Crippen LogP contribution < -0.4 is 4.90 Å². The van der Waals surface area contributed by atoms with E-state index in [1.54, 1.807) is 12.1 Å². The maximum absolute atomic E-state index is 14.0. The first kappa shape index (κ1) is 16.8. The number of anilines is 1. The van der Waals surface area contributed by atoms with Crippen LogP contribution in [0.3, 0.4) is 0 Å². The molecule has 1 aromatic carbocycles. The predicted octanol–water partition coefficient (Wildman–Crippen LogP) is 3.63. The Hall–Kier alpha value is -2.61. The zero-order chi connectivity index (χ0) is 18.3. The first-order chi connectivity index (χ1) is 12.6. The third kappa shape index (κ3) is 2.90. The topological polar surface area (TPSA) is 70.7 Å². The molecule has 4 rings (SSSR count). The van der Waals surface area contributed by atoms with E-state index in [0.29, 0.717) is 11.5 Å². The van der Waals surface area contributed by atoms with Crippen LogP contribution in [-0.2, 0) is 0 Å². The molecule has 3 heterocycles. The lowest BCUT2D eigenvalue weighted by molar-refractivity contribution is 0.0688. The minimum Gasteiger partial charge on any atom is -0.476 e. The van der Waals surface area contributed by atoms with Crippen LogP contribution in [0.15, 0.2) is 41.4 Å². The Labute approximate surface area is 153 Å². The SMILES string of the molecule is CSc1cc(F)cc([C@H]2CCCN2c2ccc3ncc(C(=O)O)n3n2)c1. The zero-order valence-corrected chi connectivity index (χ0v) is 14.9. The number of carbonyl (C=O) groups is 1. The molecule has 1 N–H and O–H groups in total. The lowest BCUT2D eigenvalue weighted by Gasteiger charge is -2.26. The Balaban J connectivity index is 1.75. The van der Waals surface area contributed by atoms with Gasteiger partial charge in [-0.05, 0) is 55.0 Å². The molecule has 0 spiro atoms. The van der Waals surface area contributed by atoms with E-state index in [1.165, 1.54) is 28.5 Å². The van der Waals surface area contributed by atoms with Crippen LogP contribution in [0, 0.1) is 5.82 Å². The number of nitrogens with zero attached hydrogens (tertiary/aromatic N) is 4. The van der Waals surface area contributed by atoms with Gasteiger partial charge in [-0.2, -0.15) is 0 Å². The summed E-state index contributed by atoms with van der Waals surface area (Å²) in [5, 5.41) is 13.8. The number of hydrogen-bond donors (Lipinski definition) is 1. The number of fused-ring (bicyclic) bond motifs is 1. The minimum atomic E-state index is -1.07. The number of aromatic nitrogens is 3. The van der Waals surface area contributed by atoms with Crippen LogP contribution in [-0.4, -0.2) is 38.5 Å². The minimum absolute atomic E-state index is 0.0124. The lowest BCUT2D eigenvalue weighted by atomic mass is 10.0. The summed E-state index contributed by atoms with van der Waals surface area (Å²) in [7, 11) is 0. The fourth-order valence-electron chi connectivity index (χ4n) is 3.44. The highest BCUT2D eigenvalue weighted by Crippen LogP contribution is 2.36. The molecular weight excluding hydrogens is 355 g/mol. The Morgan fingerprint density at radius 1 is 1.35 bits per heavy atom. The van der Waals surface area contributed by atoms with E-state index in [0.717, 1.165) is 29.8 Å². The van der Waals surface area contributed by atoms with E-state index in [9.17, 15) is 14.3 Å². The summed E-state index contributed by atoms with van der Waals surface area (Å²) in [4.78, 5) is 18.4. The number of carboxylic acid groups (broad SMARTS) is 1. The van der Waals surface area contributed by atoms with Crippen molar-refractivity contribution in [2.45, 2.75) is 23.8 Å². The van der Waals surface area contributed by atoms with Crippen molar-refractivity contribution in [1.29, 1.82) is 0 Å². The maximum Gasteiger partial charge on any atom is 0.356 e. The normalized spacial score (nSPS) is 17.2. The Bertz CT molecular complexity index is 990. The Morgan fingerprint density at radius 3 is 2.96 bits per heavy atom. The molecule has 134 valence electrons. The third-order valence-electron chi connectivity index (χ3n) is 4.63. The van der Waals surface area contributed by atoms with Gasteiger partial charge in [0.25, 0.3) is 0 Å². The third-order valence-corrected chi connectivity index (χ3v) is 5.34. The van der Waals surface area contributed by atoms with E-state index < -0.39 is 5.97 Å². The van der Waals surface area contributed by atoms with Crippen molar-refractivity contribution in [1.82, 2.24) is 14.6 Å². The summed E-state index contributed by atoms with van der Waals surface area (Å²) in [6, 6.07) is 8.71. The molecule has 0 aliphatic carbocycles. The van der Waals surface area contributed by atoms with Crippen LogP contribution in [0.5, 0.6) is 0 Å². The summed E-state index contributed by atoms with van der Waals surface area (Å²) < 4.78 is 15.3. The number of aromatic carboxylic acids is 1. The smallest absolute Gasteiger partial charge is 0.356 e. The summed E-state index contributed by atoms with van der Waals surface area (Å²) in [6.45, 7) is 0.783. The van der Waals surface area contributed by atoms with E-state index >= 15 is 0 Å². The van der Waals surface area contributed by atoms with E-state index in [4.69, 9.17) is 0 Å². The van der Waals surface area contributed by atoms with Gasteiger partial charge in [0.2, 0.25) is 0 Å². The van der Waals surface area contributed by atoms with Crippen molar-refractivity contribution >= 4 is 29.2 Å². The number of halogens is 1. The second kappa shape index (κ2) is 6.60. The molecule has 0 radical (unpaired) electrons. The van der Waals surface area contributed by atoms with Crippen LogP contribution >= 0.6 is 11.8 Å². The van der Waals surface area contributed by atoms with Crippen LogP contribution in [0.25, 0.3) is 5.65 Å². The van der Waals surface area contributed by atoms with Gasteiger partial charge in [0.15, 0.2) is 11.3 Å². The quantitative estimate of drug-likeness (QED) is 0.705. The van der Waals surface area contributed by atoms with Gasteiger partial charge >= 0.3 is 5.97 Å². The molecule has 0 amide bonds. The van der Waals surface area contributed by atoms with E-state index in [2.05, 4.69) is 15.0 Å². The van der Waals surface area contributed by atoms with Crippen molar-refractivity contribution in [3.8, 4) is 0 Å². The molecule has 0 saturated carbocycles. The van der Waals surface area contributed by atoms with Crippen molar-refractivity contribution in [3.05, 3.63) is 53.6 Å². The summed E-state index contributed by atoms with van der Waals surface area (Å²) in [5.41, 5.74) is 1.42. The summed E-state index contributed by atoms with van der Waals surface area (Å²) in [6.07, 6.45) is 5.08. The largest absolute Gasteiger partial charge is 0.476 e. The van der Waals surface area contributed by atoms with Crippen LogP contribution in [0.4, 0.5) is 10.2 Å². The van der Waals surface area contributed by atoms with Gasteiger partial charge in [-0.3, -0.25) is 0 Å². The van der Waals surface area contributed by atoms with Gasteiger partial charge in [-0.25, -0.2) is 18.7 Å². The van der Waals surface area contributed by atoms with Gasteiger partial charge in [0, 0.05) is 11.4 Å². The highest BCUT2D eigenvalue weighted by Gasteiger charge is 2.28. The molecule has 1 atom stereocenters. The monoisotopic (exact) mass is 372 g/mol. The van der Waals surface area contributed by atoms with Gasteiger partial charge < -0.3 is 10.0 Å². The number of carboxylic acids is 1. The molecule has 1 fully saturated rings. The summed E-state index contributed by atoms with van der Waals surface area (Å²) >= 11 is 1.51. The Kier molecular flexibility index (Phi) is 4.28. The predicted molar refractivity (Wildman–Crippen MR) is 97.4 cm³/mol. The van der Waals surface area contributed by atoms with Crippen molar-refractivity contribution in [2.75, 3.05) is 17.7 Å². The highest BCUT2D eigenvalue weighted by molar-refractivity contribution is 7.98. The van der Waals surface area contributed by atoms with Gasteiger partial charge in [-0.1, -0.05) is 0 Å². The number of thioether (sulfide) groups is 1. The molecule has 8 heteroatoms. The molecule has 1 aliphatic rings. The first-order valence-electron chi connectivity index (χ1n) is 8.26. The van der Waals surface area contributed by atoms with Crippen molar-refractivity contribution in [2.24, 2.45) is 0 Å². The van der Waals surface area contributed by atoms with Gasteiger partial charge in [0.05, 0.1) is 12.2 Å². The van der Waals surface area contributed by atoms with Crippen molar-refractivity contribution in [3.63, 3.8) is 0 Å². The molecular formula is C18H17FN4O2S. The molecule has 6 nitrogen and oxygen atoms in total. The standard InChI is InChI=1S/C18H17FN4O2S/c1-26-13-8-11(7-12(19)9-13)14-3-2-6-22(14)17-5-4-16-20-10-15(18(24)25)23(16)21-17/h4-5,7-10,14H,2-3,6H2,1H3,(H,24,25)/t14-/m1/s1. The van der Waals surface area contributed by atoms with Gasteiger partial charge in [0.1, 0.15) is 11.6 Å². The molecule has 0 bridgehead atoms. The first-order valence-corrected chi connectivity index (χ1v) is 9.48. The second-order valence-corrected chi connectivity index (χ2v) is 7.07. The summed E-state index contributed by atoms with van der Waals surface area (Å²) in [5.74, 6) is -0.657. The molecule has 1 saturated heterocycles. The molecule has 0 unspecified atom stereocenters. The average molecular weight is 372 g/mol. The maximum atomic E-state index is 14.0. The fourth-order valence-corrected chi connectivity index (χ4v) is 3.93. The van der Waals surface area contributed by atoms with E-state index in [1.807, 2.05) is 18.4 Å². The zero-order valence-electron chi connectivity index (χ0n) is 14.1. The fraction of sp³-hybridized carbons (Fsp3) is 0.278.